The first-order valence-corrected chi connectivity index (χ1v) is 5.90. The average Bonchev–Trinajstić information content (AvgIpc) is 2.81. The fourth-order valence-corrected chi connectivity index (χ4v) is 1.87. The highest BCUT2D eigenvalue weighted by molar-refractivity contribution is 5.98. The molecule has 0 spiro atoms. The number of nitrogens with zero attached hydrogens (tertiary/aromatic N) is 1. The second-order valence-corrected chi connectivity index (χ2v) is 4.50. The molecule has 0 amide bonds. The lowest BCUT2D eigenvalue weighted by Gasteiger charge is -2.11. The lowest BCUT2D eigenvalue weighted by Crippen LogP contribution is -2.15. The minimum atomic E-state index is -0.0221. The van der Waals surface area contributed by atoms with Gasteiger partial charge in [-0.25, -0.2) is 0 Å². The van der Waals surface area contributed by atoms with Crippen molar-refractivity contribution in [3.8, 4) is 5.75 Å². The van der Waals surface area contributed by atoms with Crippen LogP contribution in [-0.2, 0) is 4.74 Å². The maximum absolute atomic E-state index is 12.1. The van der Waals surface area contributed by atoms with Crippen LogP contribution in [0.1, 0.15) is 30.6 Å². The van der Waals surface area contributed by atoms with Crippen LogP contribution in [-0.4, -0.2) is 30.1 Å². The summed E-state index contributed by atoms with van der Waals surface area (Å²) < 4.78 is 10.7. The highest BCUT2D eigenvalue weighted by Gasteiger charge is 2.25. The summed E-state index contributed by atoms with van der Waals surface area (Å²) in [6.45, 7) is 5.08. The van der Waals surface area contributed by atoms with Crippen LogP contribution in [0.3, 0.4) is 0 Å². The summed E-state index contributed by atoms with van der Waals surface area (Å²) in [5.41, 5.74) is 0.610. The largest absolute Gasteiger partial charge is 0.489 e. The third-order valence-corrected chi connectivity index (χ3v) is 2.67. The molecular weight excluding hydrogens is 218 g/mol. The summed E-state index contributed by atoms with van der Waals surface area (Å²) in [5, 5.41) is 0. The molecule has 0 N–H and O–H groups in total. The lowest BCUT2D eigenvalue weighted by atomic mass is 9.98. The van der Waals surface area contributed by atoms with Crippen molar-refractivity contribution in [2.24, 2.45) is 5.92 Å². The molecule has 0 radical (unpaired) electrons. The monoisotopic (exact) mass is 235 g/mol. The molecule has 1 fully saturated rings. The highest BCUT2D eigenvalue weighted by Crippen LogP contribution is 2.20. The smallest absolute Gasteiger partial charge is 0.170 e. The van der Waals surface area contributed by atoms with Gasteiger partial charge < -0.3 is 9.47 Å². The molecule has 4 heteroatoms. The van der Waals surface area contributed by atoms with Crippen molar-refractivity contribution < 1.29 is 14.3 Å². The Labute approximate surface area is 101 Å². The van der Waals surface area contributed by atoms with E-state index in [-0.39, 0.29) is 17.8 Å². The maximum Gasteiger partial charge on any atom is 0.170 e. The van der Waals surface area contributed by atoms with Crippen LogP contribution < -0.4 is 4.74 Å². The Hall–Kier alpha value is -1.42. The minimum absolute atomic E-state index is 0.0221. The van der Waals surface area contributed by atoms with E-state index in [4.69, 9.17) is 9.47 Å². The van der Waals surface area contributed by atoms with Crippen LogP contribution in [0.25, 0.3) is 0 Å². The van der Waals surface area contributed by atoms with Gasteiger partial charge in [0, 0.05) is 24.3 Å². The van der Waals surface area contributed by atoms with E-state index in [1.54, 1.807) is 18.5 Å². The molecule has 1 aromatic rings. The van der Waals surface area contributed by atoms with Crippen molar-refractivity contribution in [3.05, 3.63) is 24.0 Å². The van der Waals surface area contributed by atoms with Crippen molar-refractivity contribution in [1.82, 2.24) is 4.98 Å². The third kappa shape index (κ3) is 3.03. The Balaban J connectivity index is 2.12. The SMILES string of the molecule is CC(C)Oc1cncc(C(=O)C2CCOC2)c1. The van der Waals surface area contributed by atoms with Gasteiger partial charge in [-0.3, -0.25) is 9.78 Å². The number of rotatable bonds is 4. The van der Waals surface area contributed by atoms with Crippen molar-refractivity contribution >= 4 is 5.78 Å². The summed E-state index contributed by atoms with van der Waals surface area (Å²) >= 11 is 0. The van der Waals surface area contributed by atoms with E-state index in [0.717, 1.165) is 6.42 Å². The van der Waals surface area contributed by atoms with Gasteiger partial charge >= 0.3 is 0 Å². The van der Waals surface area contributed by atoms with E-state index in [1.165, 1.54) is 0 Å². The number of hydrogen-bond acceptors (Lipinski definition) is 4. The van der Waals surface area contributed by atoms with Crippen molar-refractivity contribution in [3.63, 3.8) is 0 Å². The van der Waals surface area contributed by atoms with E-state index in [1.807, 2.05) is 13.8 Å². The van der Waals surface area contributed by atoms with E-state index < -0.39 is 0 Å². The number of Topliss-reactive ketones (excluding diaryl/α,β-unsaturated/α-hetero) is 1. The number of ether oxygens (including phenoxy) is 2. The van der Waals surface area contributed by atoms with Crippen LogP contribution in [0, 0.1) is 5.92 Å². The third-order valence-electron chi connectivity index (χ3n) is 2.67. The van der Waals surface area contributed by atoms with Crippen molar-refractivity contribution in [2.75, 3.05) is 13.2 Å². The van der Waals surface area contributed by atoms with Gasteiger partial charge in [-0.2, -0.15) is 0 Å². The van der Waals surface area contributed by atoms with Crippen LogP contribution in [0.5, 0.6) is 5.75 Å². The quantitative estimate of drug-likeness (QED) is 0.750. The molecule has 0 saturated carbocycles. The topological polar surface area (TPSA) is 48.4 Å². The minimum Gasteiger partial charge on any atom is -0.489 e. The van der Waals surface area contributed by atoms with Crippen molar-refractivity contribution in [1.29, 1.82) is 0 Å². The molecule has 0 aromatic carbocycles. The predicted molar refractivity (Wildman–Crippen MR) is 63.3 cm³/mol. The number of hydrogen-bond donors (Lipinski definition) is 0. The normalized spacial score (nSPS) is 19.6. The highest BCUT2D eigenvalue weighted by atomic mass is 16.5. The van der Waals surface area contributed by atoms with Gasteiger partial charge in [0.05, 0.1) is 18.9 Å². The first kappa shape index (κ1) is 12.0. The number of aromatic nitrogens is 1. The first-order valence-electron chi connectivity index (χ1n) is 5.90. The summed E-state index contributed by atoms with van der Waals surface area (Å²) in [5.74, 6) is 0.722. The molecule has 1 aliphatic heterocycles. The lowest BCUT2D eigenvalue weighted by molar-refractivity contribution is 0.0899. The number of ketones is 1. The number of carbonyl (C=O) groups is 1. The van der Waals surface area contributed by atoms with E-state index >= 15 is 0 Å². The first-order chi connectivity index (χ1) is 8.16. The molecule has 4 nitrogen and oxygen atoms in total. The Morgan fingerprint density at radius 2 is 2.35 bits per heavy atom. The van der Waals surface area contributed by atoms with Crippen LogP contribution in [0.2, 0.25) is 0 Å². The summed E-state index contributed by atoms with van der Waals surface area (Å²) in [6, 6.07) is 1.76. The zero-order valence-corrected chi connectivity index (χ0v) is 10.2. The molecule has 2 heterocycles. The van der Waals surface area contributed by atoms with Crippen molar-refractivity contribution in [2.45, 2.75) is 26.4 Å². The zero-order valence-electron chi connectivity index (χ0n) is 10.2. The summed E-state index contributed by atoms with van der Waals surface area (Å²) in [7, 11) is 0. The van der Waals surface area contributed by atoms with Crippen LogP contribution in [0.15, 0.2) is 18.5 Å². The molecule has 2 rings (SSSR count). The molecule has 92 valence electrons. The fourth-order valence-electron chi connectivity index (χ4n) is 1.87. The van der Waals surface area contributed by atoms with Gasteiger partial charge in [-0.1, -0.05) is 0 Å². The second-order valence-electron chi connectivity index (χ2n) is 4.50. The average molecular weight is 235 g/mol. The van der Waals surface area contributed by atoms with Gasteiger partial charge in [0.1, 0.15) is 5.75 Å². The van der Waals surface area contributed by atoms with Gasteiger partial charge in [-0.15, -0.1) is 0 Å². The molecule has 1 aromatic heterocycles. The molecular formula is C13H17NO3. The van der Waals surface area contributed by atoms with Gasteiger partial charge in [0.2, 0.25) is 0 Å². The van der Waals surface area contributed by atoms with Gasteiger partial charge in [0.15, 0.2) is 5.78 Å². The van der Waals surface area contributed by atoms with E-state index in [2.05, 4.69) is 4.98 Å². The maximum atomic E-state index is 12.1. The Bertz CT molecular complexity index is 397. The molecule has 0 bridgehead atoms. The second kappa shape index (κ2) is 5.27. The van der Waals surface area contributed by atoms with Gasteiger partial charge in [0.25, 0.3) is 0 Å². The summed E-state index contributed by atoms with van der Waals surface area (Å²) in [4.78, 5) is 16.2. The van der Waals surface area contributed by atoms with Gasteiger partial charge in [-0.05, 0) is 26.3 Å². The number of pyridine rings is 1. The summed E-state index contributed by atoms with van der Waals surface area (Å²) in [6.07, 6.45) is 4.10. The standard InChI is InChI=1S/C13H17NO3/c1-9(2)17-12-5-11(6-14-7-12)13(15)10-3-4-16-8-10/h5-7,9-10H,3-4,8H2,1-2H3. The molecule has 17 heavy (non-hydrogen) atoms. The Morgan fingerprint density at radius 1 is 1.53 bits per heavy atom. The molecule has 1 aliphatic rings. The predicted octanol–water partition coefficient (Wildman–Crippen LogP) is 2.09. The van der Waals surface area contributed by atoms with Crippen LogP contribution >= 0.6 is 0 Å². The van der Waals surface area contributed by atoms with Crippen LogP contribution in [0.4, 0.5) is 0 Å². The molecule has 0 aliphatic carbocycles. The fraction of sp³-hybridized carbons (Fsp3) is 0.538. The van der Waals surface area contributed by atoms with E-state index in [9.17, 15) is 4.79 Å². The number of carbonyl (C=O) groups excluding carboxylic acids is 1. The zero-order chi connectivity index (χ0) is 12.3. The van der Waals surface area contributed by atoms with E-state index in [0.29, 0.717) is 24.5 Å². The molecule has 1 saturated heterocycles. The Morgan fingerprint density at radius 3 is 3.00 bits per heavy atom. The molecule has 1 atom stereocenters. The molecule has 1 unspecified atom stereocenters. The Kier molecular flexibility index (Phi) is 3.74.